The summed E-state index contributed by atoms with van der Waals surface area (Å²) in [6.45, 7) is 1.57. The van der Waals surface area contributed by atoms with Crippen LogP contribution in [0.1, 0.15) is 18.1 Å². The zero-order chi connectivity index (χ0) is 15.3. The molecule has 2 aromatic rings. The predicted octanol–water partition coefficient (Wildman–Crippen LogP) is 4.65. The number of azide groups is 1. The van der Waals surface area contributed by atoms with Crippen molar-refractivity contribution in [3.05, 3.63) is 74.6 Å². The molecule has 0 aliphatic carbocycles. The van der Waals surface area contributed by atoms with Crippen molar-refractivity contribution in [3.63, 3.8) is 0 Å². The maximum Gasteiger partial charge on any atom is 0.149 e. The Kier molecular flexibility index (Phi) is 4.66. The van der Waals surface area contributed by atoms with Gasteiger partial charge in [0.2, 0.25) is 0 Å². The molecule has 1 atom stereocenters. The van der Waals surface area contributed by atoms with Crippen molar-refractivity contribution in [1.82, 2.24) is 0 Å². The number of nitrogens with zero attached hydrogens (tertiary/aromatic N) is 3. The molecule has 0 amide bonds. The van der Waals surface area contributed by atoms with Gasteiger partial charge in [0, 0.05) is 26.2 Å². The summed E-state index contributed by atoms with van der Waals surface area (Å²) in [6.07, 6.45) is 0. The maximum absolute atomic E-state index is 10.6. The first kappa shape index (κ1) is 15.1. The summed E-state index contributed by atoms with van der Waals surface area (Å²) >= 11 is 3.34. The topological polar surface area (TPSA) is 69.0 Å². The molecule has 1 unspecified atom stereocenters. The van der Waals surface area contributed by atoms with Crippen LogP contribution < -0.4 is 0 Å². The molecule has 0 saturated carbocycles. The smallest absolute Gasteiger partial charge is 0.149 e. The van der Waals surface area contributed by atoms with Crippen molar-refractivity contribution in [3.8, 4) is 11.8 Å². The van der Waals surface area contributed by atoms with Crippen molar-refractivity contribution in [1.29, 1.82) is 0 Å². The number of benzene rings is 2. The van der Waals surface area contributed by atoms with E-state index >= 15 is 0 Å². The Morgan fingerprint density at radius 1 is 1.24 bits per heavy atom. The van der Waals surface area contributed by atoms with Crippen LogP contribution in [0.25, 0.3) is 10.4 Å². The maximum atomic E-state index is 10.6. The van der Waals surface area contributed by atoms with E-state index in [1.807, 2.05) is 30.3 Å². The Balaban J connectivity index is 2.47. The van der Waals surface area contributed by atoms with Gasteiger partial charge in [-0.15, -0.1) is 0 Å². The largest absolute Gasteiger partial charge is 0.374 e. The lowest BCUT2D eigenvalue weighted by Crippen LogP contribution is -2.18. The third-order valence-corrected chi connectivity index (χ3v) is 3.35. The van der Waals surface area contributed by atoms with Crippen LogP contribution in [-0.2, 0) is 5.60 Å². The second-order valence-electron chi connectivity index (χ2n) is 4.54. The van der Waals surface area contributed by atoms with Crippen LogP contribution in [0.4, 0.5) is 5.69 Å². The third kappa shape index (κ3) is 3.87. The van der Waals surface area contributed by atoms with Crippen LogP contribution in [0.5, 0.6) is 0 Å². The first-order valence-corrected chi connectivity index (χ1v) is 6.98. The first-order chi connectivity index (χ1) is 10.0. The number of hydrogen-bond acceptors (Lipinski definition) is 2. The van der Waals surface area contributed by atoms with E-state index in [0.717, 1.165) is 10.0 Å². The van der Waals surface area contributed by atoms with Gasteiger partial charge in [-0.2, -0.15) is 0 Å². The van der Waals surface area contributed by atoms with Crippen LogP contribution in [0.15, 0.2) is 58.1 Å². The molecule has 0 saturated heterocycles. The van der Waals surface area contributed by atoms with E-state index in [2.05, 4.69) is 37.8 Å². The summed E-state index contributed by atoms with van der Waals surface area (Å²) in [7, 11) is 0. The number of hydrogen-bond donors (Lipinski definition) is 1. The Morgan fingerprint density at radius 3 is 2.62 bits per heavy atom. The Hall–Kier alpha value is -2.25. The molecular weight excluding hydrogens is 330 g/mol. The summed E-state index contributed by atoms with van der Waals surface area (Å²) < 4.78 is 0.774. The van der Waals surface area contributed by atoms with E-state index in [9.17, 15) is 5.11 Å². The third-order valence-electron chi connectivity index (χ3n) is 2.86. The van der Waals surface area contributed by atoms with Crippen molar-refractivity contribution in [2.24, 2.45) is 5.11 Å². The molecule has 0 bridgehead atoms. The lowest BCUT2D eigenvalue weighted by atomic mass is 9.94. The van der Waals surface area contributed by atoms with E-state index in [0.29, 0.717) is 11.3 Å². The van der Waals surface area contributed by atoms with Gasteiger partial charge in [0.1, 0.15) is 5.60 Å². The van der Waals surface area contributed by atoms with Crippen LogP contribution in [0, 0.1) is 11.8 Å². The molecule has 0 fully saturated rings. The van der Waals surface area contributed by atoms with E-state index < -0.39 is 5.60 Å². The monoisotopic (exact) mass is 341 g/mol. The van der Waals surface area contributed by atoms with E-state index in [-0.39, 0.29) is 0 Å². The Bertz CT molecular complexity index is 754. The van der Waals surface area contributed by atoms with Gasteiger partial charge < -0.3 is 5.11 Å². The molecule has 2 aromatic carbocycles. The number of rotatable bonds is 2. The average Bonchev–Trinajstić information content (AvgIpc) is 2.48. The molecule has 0 spiro atoms. The van der Waals surface area contributed by atoms with Crippen molar-refractivity contribution in [2.75, 3.05) is 0 Å². The molecule has 1 N–H and O–H groups in total. The normalized spacial score (nSPS) is 12.5. The van der Waals surface area contributed by atoms with Gasteiger partial charge >= 0.3 is 0 Å². The zero-order valence-electron chi connectivity index (χ0n) is 11.3. The lowest BCUT2D eigenvalue weighted by molar-refractivity contribution is 0.122. The highest BCUT2D eigenvalue weighted by atomic mass is 79.9. The summed E-state index contributed by atoms with van der Waals surface area (Å²) in [4.78, 5) is 2.78. The molecule has 21 heavy (non-hydrogen) atoms. The summed E-state index contributed by atoms with van der Waals surface area (Å²) in [5, 5.41) is 14.2. The minimum atomic E-state index is -1.43. The standard InChI is InChI=1S/C16H12BrN3O/c1-16(21,10-9-12-5-3-2-4-6-12)14-11-13(17)7-8-15(14)19-20-18/h2-8,11,21H,1H3. The number of halogens is 1. The van der Waals surface area contributed by atoms with Gasteiger partial charge in [-0.25, -0.2) is 0 Å². The summed E-state index contributed by atoms with van der Waals surface area (Å²) in [5.41, 5.74) is 8.80. The predicted molar refractivity (Wildman–Crippen MR) is 85.8 cm³/mol. The second-order valence-corrected chi connectivity index (χ2v) is 5.45. The Morgan fingerprint density at radius 2 is 1.95 bits per heavy atom. The molecule has 4 nitrogen and oxygen atoms in total. The van der Waals surface area contributed by atoms with Crippen molar-refractivity contribution in [2.45, 2.75) is 12.5 Å². The SMILES string of the molecule is CC(O)(C#Cc1ccccc1)c1cc(Br)ccc1N=[N+]=[N-]. The minimum Gasteiger partial charge on any atom is -0.374 e. The molecule has 0 heterocycles. The fourth-order valence-corrected chi connectivity index (χ4v) is 2.18. The fraction of sp³-hybridized carbons (Fsp3) is 0.125. The highest BCUT2D eigenvalue weighted by Gasteiger charge is 2.23. The second kappa shape index (κ2) is 6.47. The van der Waals surface area contributed by atoms with Gasteiger partial charge in [-0.3, -0.25) is 0 Å². The van der Waals surface area contributed by atoms with Crippen LogP contribution >= 0.6 is 15.9 Å². The summed E-state index contributed by atoms with van der Waals surface area (Å²) in [6, 6.07) is 14.5. The van der Waals surface area contributed by atoms with Gasteiger partial charge in [-0.05, 0) is 36.7 Å². The van der Waals surface area contributed by atoms with Crippen molar-refractivity contribution >= 4 is 21.6 Å². The molecule has 5 heteroatoms. The highest BCUT2D eigenvalue weighted by molar-refractivity contribution is 9.10. The van der Waals surface area contributed by atoms with Gasteiger partial charge in [-0.1, -0.05) is 57.2 Å². The number of aliphatic hydroxyl groups is 1. The van der Waals surface area contributed by atoms with Crippen LogP contribution in [0.2, 0.25) is 0 Å². The zero-order valence-corrected chi connectivity index (χ0v) is 12.9. The van der Waals surface area contributed by atoms with Crippen LogP contribution in [0.3, 0.4) is 0 Å². The van der Waals surface area contributed by atoms with Gasteiger partial charge in [0.15, 0.2) is 0 Å². The van der Waals surface area contributed by atoms with Gasteiger partial charge in [0.25, 0.3) is 0 Å². The van der Waals surface area contributed by atoms with E-state index in [1.165, 1.54) is 0 Å². The highest BCUT2D eigenvalue weighted by Crippen LogP contribution is 2.32. The molecule has 0 radical (unpaired) electrons. The van der Waals surface area contributed by atoms with Crippen LogP contribution in [-0.4, -0.2) is 5.11 Å². The lowest BCUT2D eigenvalue weighted by Gasteiger charge is -2.19. The molecule has 2 rings (SSSR count). The quantitative estimate of drug-likeness (QED) is 0.367. The molecular formula is C16H12BrN3O. The molecule has 0 aliphatic rings. The fourth-order valence-electron chi connectivity index (χ4n) is 1.82. The van der Waals surface area contributed by atoms with E-state index in [1.54, 1.807) is 25.1 Å². The van der Waals surface area contributed by atoms with Crippen molar-refractivity contribution < 1.29 is 5.11 Å². The average molecular weight is 342 g/mol. The molecule has 104 valence electrons. The van der Waals surface area contributed by atoms with E-state index in [4.69, 9.17) is 5.53 Å². The minimum absolute atomic E-state index is 0.355. The molecule has 0 aliphatic heterocycles. The summed E-state index contributed by atoms with van der Waals surface area (Å²) in [5.74, 6) is 5.74. The first-order valence-electron chi connectivity index (χ1n) is 6.18. The Labute approximate surface area is 131 Å². The van der Waals surface area contributed by atoms with Gasteiger partial charge in [0.05, 0.1) is 0 Å². The molecule has 0 aromatic heterocycles.